The van der Waals surface area contributed by atoms with Crippen molar-refractivity contribution in [1.82, 2.24) is 20.2 Å². The first-order valence-electron chi connectivity index (χ1n) is 5.33. The SMILES string of the molecule is O=CNc1cnc(-c2cccc3cn[nH]c23)cn1. The summed E-state index contributed by atoms with van der Waals surface area (Å²) < 4.78 is 0. The second-order valence-electron chi connectivity index (χ2n) is 3.69. The molecule has 3 aromatic rings. The second-order valence-corrected chi connectivity index (χ2v) is 3.69. The van der Waals surface area contributed by atoms with Crippen LogP contribution in [0.15, 0.2) is 36.8 Å². The molecule has 0 bridgehead atoms. The molecule has 88 valence electrons. The fourth-order valence-corrected chi connectivity index (χ4v) is 1.78. The van der Waals surface area contributed by atoms with Crippen LogP contribution in [0, 0.1) is 0 Å². The number of fused-ring (bicyclic) bond motifs is 1. The molecule has 2 aromatic heterocycles. The molecule has 0 aliphatic heterocycles. The van der Waals surface area contributed by atoms with Crippen molar-refractivity contribution < 1.29 is 4.79 Å². The molecule has 6 heteroatoms. The molecule has 0 unspecified atom stereocenters. The second kappa shape index (κ2) is 4.25. The Morgan fingerprint density at radius 2 is 2.11 bits per heavy atom. The van der Waals surface area contributed by atoms with Gasteiger partial charge in [-0.15, -0.1) is 0 Å². The fraction of sp³-hybridized carbons (Fsp3) is 0. The van der Waals surface area contributed by atoms with Crippen LogP contribution in [0.1, 0.15) is 0 Å². The Morgan fingerprint density at radius 1 is 1.17 bits per heavy atom. The van der Waals surface area contributed by atoms with Crippen LogP contribution in [0.25, 0.3) is 22.2 Å². The molecule has 2 heterocycles. The van der Waals surface area contributed by atoms with E-state index in [2.05, 4.69) is 25.5 Å². The molecule has 2 N–H and O–H groups in total. The maximum atomic E-state index is 10.3. The third kappa shape index (κ3) is 1.69. The first-order chi connectivity index (χ1) is 8.88. The Morgan fingerprint density at radius 3 is 2.89 bits per heavy atom. The number of hydrogen-bond acceptors (Lipinski definition) is 4. The maximum Gasteiger partial charge on any atom is 0.212 e. The summed E-state index contributed by atoms with van der Waals surface area (Å²) in [6.45, 7) is 0. The summed E-state index contributed by atoms with van der Waals surface area (Å²) in [6, 6.07) is 5.85. The number of H-pyrrole nitrogens is 1. The average molecular weight is 239 g/mol. The third-order valence-electron chi connectivity index (χ3n) is 2.61. The molecule has 6 nitrogen and oxygen atoms in total. The van der Waals surface area contributed by atoms with Crippen molar-refractivity contribution in [1.29, 1.82) is 0 Å². The Labute approximate surface area is 102 Å². The van der Waals surface area contributed by atoms with E-state index < -0.39 is 0 Å². The van der Waals surface area contributed by atoms with E-state index in [9.17, 15) is 4.79 Å². The number of aromatic amines is 1. The molecule has 0 saturated heterocycles. The number of nitrogens with zero attached hydrogens (tertiary/aromatic N) is 3. The topological polar surface area (TPSA) is 83.6 Å². The molecule has 0 radical (unpaired) electrons. The number of hydrogen-bond donors (Lipinski definition) is 2. The number of nitrogens with one attached hydrogen (secondary N) is 2. The zero-order chi connectivity index (χ0) is 12.4. The van der Waals surface area contributed by atoms with E-state index in [-0.39, 0.29) is 0 Å². The Balaban J connectivity index is 2.08. The van der Waals surface area contributed by atoms with Gasteiger partial charge in [0.15, 0.2) is 5.82 Å². The number of rotatable bonds is 3. The molecule has 3 rings (SSSR count). The summed E-state index contributed by atoms with van der Waals surface area (Å²) in [6.07, 6.45) is 5.45. The van der Waals surface area contributed by atoms with Crippen molar-refractivity contribution in [3.8, 4) is 11.3 Å². The zero-order valence-corrected chi connectivity index (χ0v) is 9.29. The van der Waals surface area contributed by atoms with E-state index in [0.717, 1.165) is 22.2 Å². The normalized spacial score (nSPS) is 10.4. The molecular weight excluding hydrogens is 230 g/mol. The molecule has 0 atom stereocenters. The highest BCUT2D eigenvalue weighted by Gasteiger charge is 2.06. The fourth-order valence-electron chi connectivity index (χ4n) is 1.78. The van der Waals surface area contributed by atoms with E-state index in [0.29, 0.717) is 12.2 Å². The largest absolute Gasteiger partial charge is 0.312 e. The van der Waals surface area contributed by atoms with Gasteiger partial charge >= 0.3 is 0 Å². The van der Waals surface area contributed by atoms with Gasteiger partial charge in [-0.3, -0.25) is 14.9 Å². The van der Waals surface area contributed by atoms with Crippen molar-refractivity contribution in [2.45, 2.75) is 0 Å². The molecule has 0 saturated carbocycles. The summed E-state index contributed by atoms with van der Waals surface area (Å²) >= 11 is 0. The number of aromatic nitrogens is 4. The van der Waals surface area contributed by atoms with Crippen molar-refractivity contribution >= 4 is 23.1 Å². The van der Waals surface area contributed by atoms with Crippen LogP contribution in [-0.2, 0) is 4.79 Å². The van der Waals surface area contributed by atoms with Gasteiger partial charge in [0.05, 0.1) is 29.8 Å². The minimum atomic E-state index is 0.422. The minimum Gasteiger partial charge on any atom is -0.312 e. The highest BCUT2D eigenvalue weighted by atomic mass is 16.1. The average Bonchev–Trinajstić information content (AvgIpc) is 2.88. The highest BCUT2D eigenvalue weighted by Crippen LogP contribution is 2.24. The van der Waals surface area contributed by atoms with Gasteiger partial charge in [-0.25, -0.2) is 4.98 Å². The first-order valence-corrected chi connectivity index (χ1v) is 5.33. The van der Waals surface area contributed by atoms with Crippen molar-refractivity contribution in [3.63, 3.8) is 0 Å². The number of para-hydroxylation sites is 1. The number of anilines is 1. The predicted molar refractivity (Wildman–Crippen MR) is 66.8 cm³/mol. The van der Waals surface area contributed by atoms with Gasteiger partial charge in [0.25, 0.3) is 0 Å². The van der Waals surface area contributed by atoms with Crippen molar-refractivity contribution in [3.05, 3.63) is 36.8 Å². The number of benzene rings is 1. The smallest absolute Gasteiger partial charge is 0.212 e. The maximum absolute atomic E-state index is 10.3. The van der Waals surface area contributed by atoms with E-state index in [1.165, 1.54) is 6.20 Å². The van der Waals surface area contributed by atoms with Crippen LogP contribution < -0.4 is 5.32 Å². The molecule has 1 aromatic carbocycles. The summed E-state index contributed by atoms with van der Waals surface area (Å²) in [5, 5.41) is 10.4. The molecule has 1 amide bonds. The molecule has 0 aliphatic rings. The van der Waals surface area contributed by atoms with Gasteiger partial charge in [-0.2, -0.15) is 5.10 Å². The summed E-state index contributed by atoms with van der Waals surface area (Å²) in [7, 11) is 0. The third-order valence-corrected chi connectivity index (χ3v) is 2.61. The van der Waals surface area contributed by atoms with Crippen LogP contribution in [0.3, 0.4) is 0 Å². The van der Waals surface area contributed by atoms with Crippen LogP contribution >= 0.6 is 0 Å². The van der Waals surface area contributed by atoms with E-state index in [1.807, 2.05) is 18.2 Å². The zero-order valence-electron chi connectivity index (χ0n) is 9.29. The molecular formula is C12H9N5O. The van der Waals surface area contributed by atoms with Gasteiger partial charge in [-0.1, -0.05) is 18.2 Å². The Bertz CT molecular complexity index is 689. The van der Waals surface area contributed by atoms with Gasteiger partial charge in [0.2, 0.25) is 6.41 Å². The quantitative estimate of drug-likeness (QED) is 0.680. The summed E-state index contributed by atoms with van der Waals surface area (Å²) in [5.74, 6) is 0.422. The monoisotopic (exact) mass is 239 g/mol. The van der Waals surface area contributed by atoms with E-state index >= 15 is 0 Å². The van der Waals surface area contributed by atoms with Gasteiger partial charge in [-0.05, 0) is 0 Å². The molecule has 0 aliphatic carbocycles. The number of amides is 1. The summed E-state index contributed by atoms with van der Waals surface area (Å²) in [4.78, 5) is 18.6. The highest BCUT2D eigenvalue weighted by molar-refractivity contribution is 5.92. The lowest BCUT2D eigenvalue weighted by Crippen LogP contribution is -1.98. The lowest BCUT2D eigenvalue weighted by Gasteiger charge is -2.03. The molecule has 0 fully saturated rings. The number of carbonyl (C=O) groups is 1. The van der Waals surface area contributed by atoms with E-state index in [1.54, 1.807) is 12.4 Å². The standard InChI is InChI=1S/C12H9N5O/c18-7-15-11-6-13-10(5-14-11)9-3-1-2-8-4-16-17-12(8)9/h1-7H,(H,16,17)(H,14,15,18). The predicted octanol–water partition coefficient (Wildman–Crippen LogP) is 1.59. The van der Waals surface area contributed by atoms with E-state index in [4.69, 9.17) is 0 Å². The number of carbonyl (C=O) groups excluding carboxylic acids is 1. The summed E-state index contributed by atoms with van der Waals surface area (Å²) in [5.41, 5.74) is 2.57. The van der Waals surface area contributed by atoms with Crippen LogP contribution in [0.4, 0.5) is 5.82 Å². The Kier molecular flexibility index (Phi) is 2.45. The molecule has 18 heavy (non-hydrogen) atoms. The Hall–Kier alpha value is -2.76. The minimum absolute atomic E-state index is 0.422. The van der Waals surface area contributed by atoms with Crippen LogP contribution in [0.5, 0.6) is 0 Å². The lowest BCUT2D eigenvalue weighted by molar-refractivity contribution is -0.105. The van der Waals surface area contributed by atoms with Crippen molar-refractivity contribution in [2.24, 2.45) is 0 Å². The van der Waals surface area contributed by atoms with Gasteiger partial charge in [0.1, 0.15) is 0 Å². The van der Waals surface area contributed by atoms with Crippen LogP contribution in [-0.4, -0.2) is 26.6 Å². The molecule has 0 spiro atoms. The lowest BCUT2D eigenvalue weighted by atomic mass is 10.1. The van der Waals surface area contributed by atoms with Gasteiger partial charge < -0.3 is 5.32 Å². The first kappa shape index (κ1) is 10.4. The van der Waals surface area contributed by atoms with Crippen LogP contribution in [0.2, 0.25) is 0 Å². The van der Waals surface area contributed by atoms with Crippen molar-refractivity contribution in [2.75, 3.05) is 5.32 Å². The van der Waals surface area contributed by atoms with Gasteiger partial charge in [0, 0.05) is 10.9 Å².